The van der Waals surface area contributed by atoms with Gasteiger partial charge in [0.05, 0.1) is 6.04 Å². The second-order valence-electron chi connectivity index (χ2n) is 3.02. The van der Waals surface area contributed by atoms with Crippen molar-refractivity contribution >= 4 is 12.2 Å². The second kappa shape index (κ2) is 7.73. The van der Waals surface area contributed by atoms with Gasteiger partial charge < -0.3 is 10.6 Å². The van der Waals surface area contributed by atoms with Gasteiger partial charge in [0.25, 0.3) is 0 Å². The third-order valence-corrected chi connectivity index (χ3v) is 1.99. The average molecular weight is 186 g/mol. The van der Waals surface area contributed by atoms with Gasteiger partial charge in [0.1, 0.15) is 5.78 Å². The molecule has 0 aromatic carbocycles. The Morgan fingerprint density at radius 3 is 2.62 bits per heavy atom. The van der Waals surface area contributed by atoms with Crippen LogP contribution < -0.4 is 10.6 Å². The Kier molecular flexibility index (Phi) is 7.20. The molecule has 13 heavy (non-hydrogen) atoms. The highest BCUT2D eigenvalue weighted by atomic mass is 16.1. The molecule has 4 heteroatoms. The van der Waals surface area contributed by atoms with Gasteiger partial charge >= 0.3 is 0 Å². The number of hydrogen-bond donors (Lipinski definition) is 2. The summed E-state index contributed by atoms with van der Waals surface area (Å²) in [6.45, 7) is 2.28. The molecule has 4 nitrogen and oxygen atoms in total. The summed E-state index contributed by atoms with van der Waals surface area (Å²) in [6.07, 6.45) is 3.41. The van der Waals surface area contributed by atoms with Crippen molar-refractivity contribution < 1.29 is 9.59 Å². The molecule has 1 atom stereocenters. The van der Waals surface area contributed by atoms with Crippen molar-refractivity contribution in [3.8, 4) is 0 Å². The van der Waals surface area contributed by atoms with E-state index in [1.165, 1.54) is 0 Å². The van der Waals surface area contributed by atoms with Crippen molar-refractivity contribution in [2.75, 3.05) is 13.6 Å². The third kappa shape index (κ3) is 6.28. The Morgan fingerprint density at radius 1 is 1.46 bits per heavy atom. The zero-order valence-corrected chi connectivity index (χ0v) is 8.30. The summed E-state index contributed by atoms with van der Waals surface area (Å²) in [5.74, 6) is 0.172. The van der Waals surface area contributed by atoms with Crippen LogP contribution in [0.15, 0.2) is 0 Å². The molecule has 0 aliphatic carbocycles. The summed E-state index contributed by atoms with van der Waals surface area (Å²) < 4.78 is 0. The van der Waals surface area contributed by atoms with E-state index in [4.69, 9.17) is 0 Å². The molecular formula is C9H18N2O2. The van der Waals surface area contributed by atoms with Crippen LogP contribution >= 0.6 is 0 Å². The smallest absolute Gasteiger partial charge is 0.207 e. The predicted molar refractivity (Wildman–Crippen MR) is 51.4 cm³/mol. The fraction of sp³-hybridized carbons (Fsp3) is 0.778. The first-order valence-corrected chi connectivity index (χ1v) is 4.57. The van der Waals surface area contributed by atoms with E-state index < -0.39 is 0 Å². The molecule has 0 bridgehead atoms. The van der Waals surface area contributed by atoms with Gasteiger partial charge in [-0.05, 0) is 33.2 Å². The molecule has 1 amide bonds. The molecule has 0 saturated heterocycles. The highest BCUT2D eigenvalue weighted by Gasteiger charge is 2.09. The molecule has 0 spiro atoms. The summed E-state index contributed by atoms with van der Waals surface area (Å²) in [5.41, 5.74) is 0. The van der Waals surface area contributed by atoms with Gasteiger partial charge in [-0.3, -0.25) is 9.59 Å². The van der Waals surface area contributed by atoms with Crippen LogP contribution in [0.1, 0.15) is 26.2 Å². The highest BCUT2D eigenvalue weighted by Crippen LogP contribution is 2.00. The number of carbonyl (C=O) groups is 2. The monoisotopic (exact) mass is 186 g/mol. The van der Waals surface area contributed by atoms with Gasteiger partial charge in [0.2, 0.25) is 6.41 Å². The number of likely N-dealkylation sites (N-methyl/N-ethyl adjacent to an activating group) is 1. The van der Waals surface area contributed by atoms with E-state index in [0.29, 0.717) is 13.0 Å². The standard InChI is InChI=1S/C9H18N2O2/c1-8(13)9(10-2)5-3-4-6-11-7-12/h7,9-10H,3-6H2,1-2H3,(H,11,12). The van der Waals surface area contributed by atoms with Gasteiger partial charge in [-0.25, -0.2) is 0 Å². The number of nitrogens with one attached hydrogen (secondary N) is 2. The van der Waals surface area contributed by atoms with Crippen LogP contribution in [0.25, 0.3) is 0 Å². The van der Waals surface area contributed by atoms with E-state index >= 15 is 0 Å². The van der Waals surface area contributed by atoms with Crippen LogP contribution in [0, 0.1) is 0 Å². The Balaban J connectivity index is 3.38. The molecule has 0 aromatic heterocycles. The van der Waals surface area contributed by atoms with Crippen LogP contribution in [0.3, 0.4) is 0 Å². The van der Waals surface area contributed by atoms with Crippen molar-refractivity contribution in [3.63, 3.8) is 0 Å². The minimum atomic E-state index is -0.0313. The van der Waals surface area contributed by atoms with Crippen molar-refractivity contribution in [1.82, 2.24) is 10.6 Å². The van der Waals surface area contributed by atoms with Crippen molar-refractivity contribution in [1.29, 1.82) is 0 Å². The molecule has 0 fully saturated rings. The molecular weight excluding hydrogens is 168 g/mol. The molecule has 0 aromatic rings. The van der Waals surface area contributed by atoms with E-state index in [-0.39, 0.29) is 11.8 Å². The minimum absolute atomic E-state index is 0.0313. The third-order valence-electron chi connectivity index (χ3n) is 1.99. The van der Waals surface area contributed by atoms with Gasteiger partial charge in [-0.1, -0.05) is 0 Å². The second-order valence-corrected chi connectivity index (χ2v) is 3.02. The van der Waals surface area contributed by atoms with Crippen LogP contribution in [0.2, 0.25) is 0 Å². The molecule has 0 radical (unpaired) electrons. The highest BCUT2D eigenvalue weighted by molar-refractivity contribution is 5.81. The maximum Gasteiger partial charge on any atom is 0.207 e. The number of amides is 1. The molecule has 2 N–H and O–H groups in total. The predicted octanol–water partition coefficient (Wildman–Crippen LogP) is 0.0797. The maximum atomic E-state index is 11.0. The van der Waals surface area contributed by atoms with Crippen molar-refractivity contribution in [2.45, 2.75) is 32.2 Å². The summed E-state index contributed by atoms with van der Waals surface area (Å²) in [7, 11) is 1.79. The average Bonchev–Trinajstić information content (AvgIpc) is 2.10. The fourth-order valence-electron chi connectivity index (χ4n) is 1.19. The largest absolute Gasteiger partial charge is 0.359 e. The first kappa shape index (κ1) is 12.1. The van der Waals surface area contributed by atoms with Crippen LogP contribution in [0.4, 0.5) is 0 Å². The SMILES string of the molecule is CNC(CCCCNC=O)C(C)=O. The Hall–Kier alpha value is -0.900. The molecule has 76 valence electrons. The maximum absolute atomic E-state index is 11.0. The summed E-state index contributed by atoms with van der Waals surface area (Å²) in [5, 5.41) is 5.54. The van der Waals surface area contributed by atoms with Gasteiger partial charge in [-0.2, -0.15) is 0 Å². The Morgan fingerprint density at radius 2 is 2.15 bits per heavy atom. The molecule has 0 heterocycles. The fourth-order valence-corrected chi connectivity index (χ4v) is 1.19. The summed E-state index contributed by atoms with van der Waals surface area (Å²) in [4.78, 5) is 20.8. The zero-order valence-electron chi connectivity index (χ0n) is 8.30. The number of rotatable bonds is 8. The van der Waals surface area contributed by atoms with Gasteiger partial charge in [0, 0.05) is 6.54 Å². The lowest BCUT2D eigenvalue weighted by Gasteiger charge is -2.11. The first-order chi connectivity index (χ1) is 6.22. The Bertz CT molecular complexity index is 160. The van der Waals surface area contributed by atoms with Crippen molar-refractivity contribution in [2.24, 2.45) is 0 Å². The summed E-state index contributed by atoms with van der Waals surface area (Å²) >= 11 is 0. The lowest BCUT2D eigenvalue weighted by Crippen LogP contribution is -2.32. The molecule has 0 aliphatic rings. The van der Waals surface area contributed by atoms with Crippen molar-refractivity contribution in [3.05, 3.63) is 0 Å². The normalized spacial score (nSPS) is 12.2. The number of unbranched alkanes of at least 4 members (excludes halogenated alkanes) is 1. The molecule has 0 aliphatic heterocycles. The lowest BCUT2D eigenvalue weighted by molar-refractivity contribution is -0.119. The zero-order chi connectivity index (χ0) is 10.1. The quantitative estimate of drug-likeness (QED) is 0.417. The molecule has 0 saturated carbocycles. The van der Waals surface area contributed by atoms with E-state index in [1.807, 2.05) is 0 Å². The topological polar surface area (TPSA) is 58.2 Å². The number of Topliss-reactive ketones (excluding diaryl/α,β-unsaturated/α-hetero) is 1. The van der Waals surface area contributed by atoms with E-state index in [1.54, 1.807) is 14.0 Å². The Labute approximate surface area is 79.1 Å². The van der Waals surface area contributed by atoms with Crippen LogP contribution in [0.5, 0.6) is 0 Å². The lowest BCUT2D eigenvalue weighted by atomic mass is 10.1. The van der Waals surface area contributed by atoms with Crippen LogP contribution in [-0.2, 0) is 9.59 Å². The number of ketones is 1. The first-order valence-electron chi connectivity index (χ1n) is 4.57. The van der Waals surface area contributed by atoms with E-state index in [2.05, 4.69) is 10.6 Å². The van der Waals surface area contributed by atoms with Gasteiger partial charge in [-0.15, -0.1) is 0 Å². The van der Waals surface area contributed by atoms with E-state index in [9.17, 15) is 9.59 Å². The van der Waals surface area contributed by atoms with Gasteiger partial charge in [0.15, 0.2) is 0 Å². The molecule has 0 rings (SSSR count). The number of carbonyl (C=O) groups excluding carboxylic acids is 2. The molecule has 1 unspecified atom stereocenters. The van der Waals surface area contributed by atoms with E-state index in [0.717, 1.165) is 19.3 Å². The number of hydrogen-bond acceptors (Lipinski definition) is 3. The van der Waals surface area contributed by atoms with Crippen LogP contribution in [-0.4, -0.2) is 31.8 Å². The minimum Gasteiger partial charge on any atom is -0.359 e. The summed E-state index contributed by atoms with van der Waals surface area (Å²) in [6, 6.07) is -0.0313.